The number of methoxy groups -OCH3 is 1. The Balaban J connectivity index is 1.43. The summed E-state index contributed by atoms with van der Waals surface area (Å²) >= 11 is 0. The number of benzene rings is 2. The Morgan fingerprint density at radius 2 is 2.00 bits per heavy atom. The van der Waals surface area contributed by atoms with Crippen molar-refractivity contribution in [2.24, 2.45) is 5.92 Å². The highest BCUT2D eigenvalue weighted by Gasteiger charge is 2.30. The maximum Gasteiger partial charge on any atom is 0.322 e. The van der Waals surface area contributed by atoms with Crippen LogP contribution in [0.4, 0.5) is 10.5 Å². The summed E-state index contributed by atoms with van der Waals surface area (Å²) in [7, 11) is 1.63. The first-order valence-corrected chi connectivity index (χ1v) is 12.2. The van der Waals surface area contributed by atoms with Gasteiger partial charge in [0.2, 0.25) is 0 Å². The minimum absolute atomic E-state index is 0.0914. The fourth-order valence-electron chi connectivity index (χ4n) is 4.64. The molecule has 0 bridgehead atoms. The maximum atomic E-state index is 13.4. The van der Waals surface area contributed by atoms with Crippen molar-refractivity contribution >= 4 is 11.7 Å². The van der Waals surface area contributed by atoms with Crippen molar-refractivity contribution in [3.05, 3.63) is 71.5 Å². The number of anilines is 1. The van der Waals surface area contributed by atoms with Crippen LogP contribution in [0.1, 0.15) is 36.7 Å². The molecular formula is C27H33N5O2. The molecule has 2 aliphatic rings. The summed E-state index contributed by atoms with van der Waals surface area (Å²) in [5.74, 6) is 1.30. The molecule has 7 heteroatoms. The van der Waals surface area contributed by atoms with Crippen LogP contribution in [0, 0.1) is 5.92 Å². The summed E-state index contributed by atoms with van der Waals surface area (Å²) in [6.45, 7) is 6.38. The minimum Gasteiger partial charge on any atom is -0.497 e. The van der Waals surface area contributed by atoms with Gasteiger partial charge in [-0.2, -0.15) is 5.10 Å². The molecule has 1 saturated carbocycles. The number of urea groups is 1. The van der Waals surface area contributed by atoms with Gasteiger partial charge in [0.1, 0.15) is 5.75 Å². The third-order valence-electron chi connectivity index (χ3n) is 6.79. The number of ether oxygens (including phenoxy) is 1. The molecule has 178 valence electrons. The Labute approximate surface area is 201 Å². The van der Waals surface area contributed by atoms with Crippen LogP contribution in [-0.4, -0.2) is 52.4 Å². The van der Waals surface area contributed by atoms with Crippen LogP contribution in [0.15, 0.2) is 54.6 Å². The SMILES string of the molecule is CCN1CCc2c(c(CN(CC3CC3)C(=O)Nc3cccc(OC)c3)nn2-c2ccccc2)C1. The molecule has 1 fully saturated rings. The molecule has 2 heterocycles. The lowest BCUT2D eigenvalue weighted by atomic mass is 10.0. The second kappa shape index (κ2) is 9.89. The predicted octanol–water partition coefficient (Wildman–Crippen LogP) is 4.70. The third-order valence-corrected chi connectivity index (χ3v) is 6.79. The summed E-state index contributed by atoms with van der Waals surface area (Å²) in [4.78, 5) is 17.8. The van der Waals surface area contributed by atoms with Gasteiger partial charge >= 0.3 is 6.03 Å². The fourth-order valence-corrected chi connectivity index (χ4v) is 4.64. The molecule has 0 atom stereocenters. The smallest absolute Gasteiger partial charge is 0.322 e. The number of aromatic nitrogens is 2. The quantitative estimate of drug-likeness (QED) is 0.530. The van der Waals surface area contributed by atoms with Crippen LogP contribution in [0.25, 0.3) is 5.69 Å². The Kier molecular flexibility index (Phi) is 6.54. The number of carbonyl (C=O) groups excluding carboxylic acids is 1. The monoisotopic (exact) mass is 459 g/mol. The van der Waals surface area contributed by atoms with Crippen molar-refractivity contribution in [2.45, 2.75) is 39.3 Å². The standard InChI is InChI=1S/C27H33N5O2/c1-3-30-15-14-26-24(18-30)25(29-32(26)22-9-5-4-6-10-22)19-31(17-20-12-13-20)27(33)28-21-8-7-11-23(16-21)34-2/h4-11,16,20H,3,12-15,17-19H2,1-2H3,(H,28,33). The van der Waals surface area contributed by atoms with Crippen LogP contribution in [0.5, 0.6) is 5.75 Å². The summed E-state index contributed by atoms with van der Waals surface area (Å²) in [5.41, 5.74) is 5.35. The third kappa shape index (κ3) is 4.94. The highest BCUT2D eigenvalue weighted by atomic mass is 16.5. The molecule has 0 unspecified atom stereocenters. The van der Waals surface area contributed by atoms with E-state index >= 15 is 0 Å². The zero-order chi connectivity index (χ0) is 23.5. The first-order chi connectivity index (χ1) is 16.6. The lowest BCUT2D eigenvalue weighted by Gasteiger charge is -2.27. The number of amides is 2. The lowest BCUT2D eigenvalue weighted by Crippen LogP contribution is -2.37. The van der Waals surface area contributed by atoms with Gasteiger partial charge in [-0.15, -0.1) is 0 Å². The second-order valence-corrected chi connectivity index (χ2v) is 9.22. The van der Waals surface area contributed by atoms with Crippen molar-refractivity contribution in [3.63, 3.8) is 0 Å². The van der Waals surface area contributed by atoms with E-state index in [2.05, 4.69) is 34.0 Å². The van der Waals surface area contributed by atoms with Gasteiger partial charge in [0.15, 0.2) is 0 Å². The van der Waals surface area contributed by atoms with Gasteiger partial charge in [0.05, 0.1) is 30.7 Å². The van der Waals surface area contributed by atoms with Crippen LogP contribution in [-0.2, 0) is 19.5 Å². The Morgan fingerprint density at radius 3 is 2.74 bits per heavy atom. The van der Waals surface area contributed by atoms with Gasteiger partial charge in [-0.1, -0.05) is 31.2 Å². The number of carbonyl (C=O) groups is 1. The Hall–Kier alpha value is -3.32. The molecule has 1 aromatic heterocycles. The van der Waals surface area contributed by atoms with Gasteiger partial charge in [0, 0.05) is 43.4 Å². The fraction of sp³-hybridized carbons (Fsp3) is 0.407. The van der Waals surface area contributed by atoms with Crippen LogP contribution in [0.2, 0.25) is 0 Å². The first-order valence-electron chi connectivity index (χ1n) is 12.2. The molecule has 34 heavy (non-hydrogen) atoms. The number of nitrogens with one attached hydrogen (secondary N) is 1. The molecular weight excluding hydrogens is 426 g/mol. The molecule has 1 aliphatic heterocycles. The molecule has 0 radical (unpaired) electrons. The van der Waals surface area contributed by atoms with Gasteiger partial charge < -0.3 is 15.0 Å². The molecule has 0 saturated heterocycles. The van der Waals surface area contributed by atoms with Crippen molar-refractivity contribution in [1.82, 2.24) is 19.6 Å². The largest absolute Gasteiger partial charge is 0.497 e. The van der Waals surface area contributed by atoms with Gasteiger partial charge in [-0.05, 0) is 49.6 Å². The number of rotatable bonds is 8. The van der Waals surface area contributed by atoms with Crippen LogP contribution in [0.3, 0.4) is 0 Å². The summed E-state index contributed by atoms with van der Waals surface area (Å²) in [5, 5.41) is 8.13. The van der Waals surface area contributed by atoms with Crippen LogP contribution < -0.4 is 10.1 Å². The van der Waals surface area contributed by atoms with E-state index in [1.165, 1.54) is 24.1 Å². The number of hydrogen-bond donors (Lipinski definition) is 1. The van der Waals surface area contributed by atoms with Gasteiger partial charge in [-0.3, -0.25) is 4.90 Å². The average molecular weight is 460 g/mol. The van der Waals surface area contributed by atoms with Crippen molar-refractivity contribution in [1.29, 1.82) is 0 Å². The van der Waals surface area contributed by atoms with Crippen molar-refractivity contribution in [2.75, 3.05) is 32.1 Å². The summed E-state index contributed by atoms with van der Waals surface area (Å²) in [6.07, 6.45) is 3.33. The molecule has 3 aromatic rings. The molecule has 2 amide bonds. The van der Waals surface area contributed by atoms with E-state index in [4.69, 9.17) is 9.84 Å². The van der Waals surface area contributed by atoms with Gasteiger partial charge in [0.25, 0.3) is 0 Å². The maximum absolute atomic E-state index is 13.4. The highest BCUT2D eigenvalue weighted by molar-refractivity contribution is 5.89. The number of hydrogen-bond acceptors (Lipinski definition) is 4. The number of fused-ring (bicyclic) bond motifs is 1. The molecule has 2 aromatic carbocycles. The lowest BCUT2D eigenvalue weighted by molar-refractivity contribution is 0.205. The molecule has 1 N–H and O–H groups in total. The molecule has 1 aliphatic carbocycles. The van der Waals surface area contributed by atoms with E-state index in [9.17, 15) is 4.79 Å². The average Bonchev–Trinajstić information content (AvgIpc) is 3.63. The molecule has 5 rings (SSSR count). The molecule has 0 spiro atoms. The van der Waals surface area contributed by atoms with Crippen molar-refractivity contribution in [3.8, 4) is 11.4 Å². The minimum atomic E-state index is -0.0914. The number of para-hydroxylation sites is 1. The molecule has 7 nitrogen and oxygen atoms in total. The van der Waals surface area contributed by atoms with E-state index < -0.39 is 0 Å². The topological polar surface area (TPSA) is 62.6 Å². The number of likely N-dealkylation sites (N-methyl/N-ethyl adjacent to an activating group) is 1. The van der Waals surface area contributed by atoms with E-state index in [0.717, 1.165) is 55.4 Å². The second-order valence-electron chi connectivity index (χ2n) is 9.22. The normalized spacial score (nSPS) is 15.6. The van der Waals surface area contributed by atoms with E-state index in [-0.39, 0.29) is 6.03 Å². The van der Waals surface area contributed by atoms with Crippen LogP contribution >= 0.6 is 0 Å². The summed E-state index contributed by atoms with van der Waals surface area (Å²) in [6, 6.07) is 17.7. The van der Waals surface area contributed by atoms with E-state index in [1.54, 1.807) is 7.11 Å². The van der Waals surface area contributed by atoms with E-state index in [0.29, 0.717) is 12.5 Å². The highest BCUT2D eigenvalue weighted by Crippen LogP contribution is 2.32. The Morgan fingerprint density at radius 1 is 1.18 bits per heavy atom. The zero-order valence-corrected chi connectivity index (χ0v) is 20.0. The van der Waals surface area contributed by atoms with E-state index in [1.807, 2.05) is 47.4 Å². The predicted molar refractivity (Wildman–Crippen MR) is 133 cm³/mol. The van der Waals surface area contributed by atoms with Gasteiger partial charge in [-0.25, -0.2) is 9.48 Å². The number of nitrogens with zero attached hydrogens (tertiary/aromatic N) is 4. The van der Waals surface area contributed by atoms with Crippen molar-refractivity contribution < 1.29 is 9.53 Å². The first kappa shape index (κ1) is 22.5. The summed E-state index contributed by atoms with van der Waals surface area (Å²) < 4.78 is 7.40. The Bertz CT molecular complexity index is 1140. The zero-order valence-electron chi connectivity index (χ0n) is 20.0.